The van der Waals surface area contributed by atoms with Crippen molar-refractivity contribution in [3.05, 3.63) is 0 Å². The van der Waals surface area contributed by atoms with Crippen LogP contribution in [0.5, 0.6) is 0 Å². The second kappa shape index (κ2) is 5.13. The number of rotatable bonds is 5. The van der Waals surface area contributed by atoms with Gasteiger partial charge >= 0.3 is 0 Å². The highest BCUT2D eigenvalue weighted by molar-refractivity contribution is 5.07. The van der Waals surface area contributed by atoms with Crippen LogP contribution in [0.15, 0.2) is 0 Å². The van der Waals surface area contributed by atoms with E-state index in [1.165, 1.54) is 45.3 Å². The summed E-state index contributed by atoms with van der Waals surface area (Å²) in [4.78, 5) is 2.81. The van der Waals surface area contributed by atoms with Crippen molar-refractivity contribution < 1.29 is 0 Å². The highest BCUT2D eigenvalue weighted by atomic mass is 15.3. The molecular formula is C16H32N2. The third-order valence-electron chi connectivity index (χ3n) is 5.35. The number of hydrogen-bond acceptors (Lipinski definition) is 2. The van der Waals surface area contributed by atoms with Crippen molar-refractivity contribution in [2.45, 2.75) is 71.4 Å². The van der Waals surface area contributed by atoms with Crippen molar-refractivity contribution in [3.8, 4) is 0 Å². The monoisotopic (exact) mass is 252 g/mol. The van der Waals surface area contributed by atoms with Gasteiger partial charge in [0.15, 0.2) is 0 Å². The fraction of sp³-hybridized carbons (Fsp3) is 1.00. The summed E-state index contributed by atoms with van der Waals surface area (Å²) in [7, 11) is 0. The number of hydrogen-bond donors (Lipinski definition) is 1. The van der Waals surface area contributed by atoms with E-state index in [-0.39, 0.29) is 0 Å². The molecule has 2 aliphatic rings. The first kappa shape index (κ1) is 14.3. The summed E-state index contributed by atoms with van der Waals surface area (Å²) < 4.78 is 0. The molecule has 2 heteroatoms. The van der Waals surface area contributed by atoms with Gasteiger partial charge in [0.2, 0.25) is 0 Å². The molecule has 0 aromatic carbocycles. The van der Waals surface area contributed by atoms with Gasteiger partial charge in [-0.05, 0) is 57.9 Å². The fourth-order valence-electron chi connectivity index (χ4n) is 3.25. The van der Waals surface area contributed by atoms with Crippen LogP contribution >= 0.6 is 0 Å². The van der Waals surface area contributed by atoms with E-state index in [1.54, 1.807) is 0 Å². The summed E-state index contributed by atoms with van der Waals surface area (Å²) in [6.45, 7) is 15.6. The summed E-state index contributed by atoms with van der Waals surface area (Å²) in [5, 5.41) is 3.83. The largest absolute Gasteiger partial charge is 0.308 e. The molecular weight excluding hydrogens is 220 g/mol. The second-order valence-electron chi connectivity index (χ2n) is 7.50. The maximum absolute atomic E-state index is 3.83. The summed E-state index contributed by atoms with van der Waals surface area (Å²) in [6.07, 6.45) is 5.45. The highest BCUT2D eigenvalue weighted by Gasteiger charge is 2.49. The van der Waals surface area contributed by atoms with Crippen LogP contribution in [0.4, 0.5) is 0 Å². The van der Waals surface area contributed by atoms with E-state index in [2.05, 4.69) is 44.8 Å². The van der Waals surface area contributed by atoms with Crippen LogP contribution in [-0.2, 0) is 0 Å². The minimum Gasteiger partial charge on any atom is -0.308 e. The summed E-state index contributed by atoms with van der Waals surface area (Å²) in [5.74, 6) is 1.76. The molecule has 2 unspecified atom stereocenters. The molecule has 0 radical (unpaired) electrons. The standard InChI is InChI=1S/C16H32N2/c1-6-15(4)12-18(10-9-13(2)3)16(5,11-17-15)14-7-8-14/h13-14,17H,6-12H2,1-5H3. The first-order valence-corrected chi connectivity index (χ1v) is 7.90. The van der Waals surface area contributed by atoms with Crippen molar-refractivity contribution in [3.63, 3.8) is 0 Å². The van der Waals surface area contributed by atoms with Gasteiger partial charge in [0.25, 0.3) is 0 Å². The number of nitrogens with zero attached hydrogens (tertiary/aromatic N) is 1. The Hall–Kier alpha value is -0.0800. The summed E-state index contributed by atoms with van der Waals surface area (Å²) >= 11 is 0. The molecule has 0 spiro atoms. The Kier molecular flexibility index (Phi) is 4.08. The number of nitrogens with one attached hydrogen (secondary N) is 1. The van der Waals surface area contributed by atoms with Crippen LogP contribution in [0.25, 0.3) is 0 Å². The molecule has 0 aromatic heterocycles. The average Bonchev–Trinajstić information content (AvgIpc) is 3.15. The molecule has 2 nitrogen and oxygen atoms in total. The zero-order valence-corrected chi connectivity index (χ0v) is 13.1. The smallest absolute Gasteiger partial charge is 0.0334 e. The van der Waals surface area contributed by atoms with Crippen LogP contribution in [0, 0.1) is 11.8 Å². The quantitative estimate of drug-likeness (QED) is 0.808. The van der Waals surface area contributed by atoms with Crippen LogP contribution in [0.3, 0.4) is 0 Å². The van der Waals surface area contributed by atoms with Gasteiger partial charge in [0, 0.05) is 24.2 Å². The Morgan fingerprint density at radius 2 is 1.94 bits per heavy atom. The predicted octanol–water partition coefficient (Wildman–Crippen LogP) is 3.28. The lowest BCUT2D eigenvalue weighted by Crippen LogP contribution is -2.69. The Morgan fingerprint density at radius 3 is 2.44 bits per heavy atom. The van der Waals surface area contributed by atoms with Crippen molar-refractivity contribution in [1.29, 1.82) is 0 Å². The molecule has 1 heterocycles. The molecule has 0 bridgehead atoms. The van der Waals surface area contributed by atoms with Crippen LogP contribution in [0.2, 0.25) is 0 Å². The van der Waals surface area contributed by atoms with E-state index < -0.39 is 0 Å². The zero-order valence-electron chi connectivity index (χ0n) is 13.1. The normalized spacial score (nSPS) is 38.3. The third-order valence-corrected chi connectivity index (χ3v) is 5.35. The summed E-state index contributed by atoms with van der Waals surface area (Å²) in [6, 6.07) is 0. The van der Waals surface area contributed by atoms with Gasteiger partial charge in [-0.15, -0.1) is 0 Å². The zero-order chi connectivity index (χ0) is 13.4. The van der Waals surface area contributed by atoms with E-state index in [9.17, 15) is 0 Å². The van der Waals surface area contributed by atoms with E-state index in [4.69, 9.17) is 0 Å². The molecule has 1 aliphatic carbocycles. The van der Waals surface area contributed by atoms with Gasteiger partial charge in [0.05, 0.1) is 0 Å². The molecule has 2 rings (SSSR count). The van der Waals surface area contributed by atoms with E-state index in [0.717, 1.165) is 11.8 Å². The van der Waals surface area contributed by atoms with Gasteiger partial charge < -0.3 is 5.32 Å². The van der Waals surface area contributed by atoms with Gasteiger partial charge in [-0.1, -0.05) is 20.8 Å². The summed E-state index contributed by atoms with van der Waals surface area (Å²) in [5.41, 5.74) is 0.745. The maximum atomic E-state index is 3.83. The Labute approximate surface area is 114 Å². The predicted molar refractivity (Wildman–Crippen MR) is 78.9 cm³/mol. The molecule has 1 aliphatic heterocycles. The van der Waals surface area contributed by atoms with Crippen LogP contribution < -0.4 is 5.32 Å². The number of piperazine rings is 1. The molecule has 1 N–H and O–H groups in total. The van der Waals surface area contributed by atoms with Gasteiger partial charge in [-0.25, -0.2) is 0 Å². The first-order chi connectivity index (χ1) is 8.39. The molecule has 2 fully saturated rings. The lowest BCUT2D eigenvalue weighted by atomic mass is 9.84. The lowest BCUT2D eigenvalue weighted by Gasteiger charge is -2.53. The lowest BCUT2D eigenvalue weighted by molar-refractivity contribution is 0.00231. The van der Waals surface area contributed by atoms with Gasteiger partial charge in [-0.3, -0.25) is 4.90 Å². The average molecular weight is 252 g/mol. The minimum absolute atomic E-state index is 0.325. The topological polar surface area (TPSA) is 15.3 Å². The van der Waals surface area contributed by atoms with E-state index >= 15 is 0 Å². The first-order valence-electron chi connectivity index (χ1n) is 7.90. The molecule has 1 saturated carbocycles. The Balaban J connectivity index is 2.05. The highest BCUT2D eigenvalue weighted by Crippen LogP contribution is 2.45. The third kappa shape index (κ3) is 2.91. The maximum Gasteiger partial charge on any atom is 0.0334 e. The van der Waals surface area contributed by atoms with Crippen molar-refractivity contribution >= 4 is 0 Å². The Morgan fingerprint density at radius 1 is 1.28 bits per heavy atom. The van der Waals surface area contributed by atoms with Crippen molar-refractivity contribution in [2.24, 2.45) is 11.8 Å². The van der Waals surface area contributed by atoms with Gasteiger partial charge in [-0.2, -0.15) is 0 Å². The molecule has 106 valence electrons. The Bertz CT molecular complexity index is 285. The van der Waals surface area contributed by atoms with Crippen molar-refractivity contribution in [1.82, 2.24) is 10.2 Å². The molecule has 1 saturated heterocycles. The van der Waals surface area contributed by atoms with E-state index in [0.29, 0.717) is 11.1 Å². The fourth-order valence-corrected chi connectivity index (χ4v) is 3.25. The SMILES string of the molecule is CCC1(C)CN(CCC(C)C)C(C)(C2CC2)CN1. The second-order valence-corrected chi connectivity index (χ2v) is 7.50. The molecule has 18 heavy (non-hydrogen) atoms. The molecule has 0 amide bonds. The molecule has 2 atom stereocenters. The van der Waals surface area contributed by atoms with Crippen LogP contribution in [-0.4, -0.2) is 35.6 Å². The van der Waals surface area contributed by atoms with Crippen molar-refractivity contribution in [2.75, 3.05) is 19.6 Å². The van der Waals surface area contributed by atoms with Crippen LogP contribution in [0.1, 0.15) is 60.3 Å². The van der Waals surface area contributed by atoms with Gasteiger partial charge in [0.1, 0.15) is 0 Å². The van der Waals surface area contributed by atoms with E-state index in [1.807, 2.05) is 0 Å². The molecule has 0 aromatic rings. The minimum atomic E-state index is 0.325.